The third-order valence-electron chi connectivity index (χ3n) is 5.03. The lowest BCUT2D eigenvalue weighted by atomic mass is 10.1. The number of fused-ring (bicyclic) bond motifs is 3. The van der Waals surface area contributed by atoms with Gasteiger partial charge in [0, 0.05) is 34.9 Å². The fourth-order valence-electron chi connectivity index (χ4n) is 3.82. The number of rotatable bonds is 4. The Bertz CT molecular complexity index is 958. The lowest BCUT2D eigenvalue weighted by molar-refractivity contribution is 0.0951. The van der Waals surface area contributed by atoms with Gasteiger partial charge in [-0.25, -0.2) is 13.6 Å². The smallest absolute Gasteiger partial charge is 0.317 e. The normalized spacial score (nSPS) is 18.9. The van der Waals surface area contributed by atoms with E-state index < -0.39 is 17.7 Å². The summed E-state index contributed by atoms with van der Waals surface area (Å²) in [5, 5.41) is 14.6. The predicted octanol–water partition coefficient (Wildman–Crippen LogP) is 3.09. The van der Waals surface area contributed by atoms with Gasteiger partial charge in [-0.05, 0) is 42.3 Å². The van der Waals surface area contributed by atoms with E-state index in [1.165, 1.54) is 24.3 Å². The predicted molar refractivity (Wildman–Crippen MR) is 99.5 cm³/mol. The Morgan fingerprint density at radius 1 is 1.11 bits per heavy atom. The van der Waals surface area contributed by atoms with E-state index in [0.29, 0.717) is 40.8 Å². The second-order valence-corrected chi connectivity index (χ2v) is 7.28. The van der Waals surface area contributed by atoms with E-state index in [0.717, 1.165) is 0 Å². The minimum atomic E-state index is -0.810. The molecule has 2 amide bonds. The molecular weight excluding hydrogens is 352 g/mol. The summed E-state index contributed by atoms with van der Waals surface area (Å²) in [6, 6.07) is 8.52. The van der Waals surface area contributed by atoms with Crippen molar-refractivity contribution in [3.63, 3.8) is 0 Å². The number of aliphatic hydroxyl groups excluding tert-OH is 1. The summed E-state index contributed by atoms with van der Waals surface area (Å²) in [7, 11) is 0. The molecule has 1 aliphatic rings. The van der Waals surface area contributed by atoms with Crippen LogP contribution in [0.5, 0.6) is 0 Å². The first-order valence-corrected chi connectivity index (χ1v) is 9.00. The van der Waals surface area contributed by atoms with Gasteiger partial charge >= 0.3 is 6.03 Å². The molecule has 2 atom stereocenters. The highest BCUT2D eigenvalue weighted by molar-refractivity contribution is 6.08. The number of carbonyl (C=O) groups is 1. The molecule has 27 heavy (non-hydrogen) atoms. The van der Waals surface area contributed by atoms with Crippen molar-refractivity contribution in [2.24, 2.45) is 5.92 Å². The Morgan fingerprint density at radius 3 is 2.30 bits per heavy atom. The van der Waals surface area contributed by atoms with Crippen molar-refractivity contribution >= 4 is 27.8 Å². The van der Waals surface area contributed by atoms with Crippen molar-refractivity contribution in [1.82, 2.24) is 14.8 Å². The molecule has 2 heterocycles. The second kappa shape index (κ2) is 6.81. The molecule has 1 aliphatic heterocycles. The Hall–Kier alpha value is -2.67. The number of carbonyl (C=O) groups excluding carboxylic acids is 1. The Balaban J connectivity index is 1.67. The van der Waals surface area contributed by atoms with Crippen LogP contribution < -0.4 is 5.32 Å². The van der Waals surface area contributed by atoms with Crippen molar-refractivity contribution in [3.05, 3.63) is 48.0 Å². The van der Waals surface area contributed by atoms with E-state index >= 15 is 0 Å². The molecule has 1 fully saturated rings. The molecule has 3 aromatic rings. The van der Waals surface area contributed by atoms with Crippen LogP contribution in [0.1, 0.15) is 6.92 Å². The summed E-state index contributed by atoms with van der Waals surface area (Å²) in [5.41, 5.74) is 1.43. The maximum absolute atomic E-state index is 13.7. The van der Waals surface area contributed by atoms with Gasteiger partial charge in [0.25, 0.3) is 0 Å². The first-order chi connectivity index (χ1) is 12.9. The van der Waals surface area contributed by atoms with Crippen LogP contribution in [0.15, 0.2) is 36.4 Å². The summed E-state index contributed by atoms with van der Waals surface area (Å²) in [6.45, 7) is 3.67. The van der Waals surface area contributed by atoms with E-state index in [1.807, 2.05) is 11.5 Å². The lowest BCUT2D eigenvalue weighted by Crippen LogP contribution is -2.52. The maximum atomic E-state index is 13.7. The zero-order chi connectivity index (χ0) is 19.1. The van der Waals surface area contributed by atoms with Crippen LogP contribution in [-0.4, -0.2) is 46.3 Å². The molecule has 0 saturated carbocycles. The minimum Gasteiger partial charge on any atom is -0.389 e. The van der Waals surface area contributed by atoms with Crippen LogP contribution in [0.4, 0.5) is 13.6 Å². The number of halogens is 2. The standard InChI is InChI=1S/C20H21F2N3O2/c1-12-8-23-20(27)24(9-12)10-15(26)11-25-18-4-2-13(21)6-16(18)17-7-14(22)3-5-19(17)25/h2-7,12,15,26H,8-11H2,1H3,(H,23,27). The first-order valence-electron chi connectivity index (χ1n) is 9.00. The van der Waals surface area contributed by atoms with Gasteiger partial charge in [-0.2, -0.15) is 0 Å². The van der Waals surface area contributed by atoms with Gasteiger partial charge in [-0.1, -0.05) is 6.92 Å². The van der Waals surface area contributed by atoms with E-state index in [-0.39, 0.29) is 19.1 Å². The summed E-state index contributed by atoms with van der Waals surface area (Å²) >= 11 is 0. The molecule has 1 saturated heterocycles. The van der Waals surface area contributed by atoms with Crippen LogP contribution in [0, 0.1) is 17.6 Å². The van der Waals surface area contributed by atoms with Crippen molar-refractivity contribution in [2.45, 2.75) is 19.6 Å². The monoisotopic (exact) mass is 373 g/mol. The van der Waals surface area contributed by atoms with Gasteiger partial charge < -0.3 is 19.9 Å². The summed E-state index contributed by atoms with van der Waals surface area (Å²) in [5.74, 6) is -0.482. The topological polar surface area (TPSA) is 57.5 Å². The Morgan fingerprint density at radius 2 is 1.70 bits per heavy atom. The number of urea groups is 1. The van der Waals surface area contributed by atoms with E-state index in [1.54, 1.807) is 17.0 Å². The third-order valence-corrected chi connectivity index (χ3v) is 5.03. The number of aromatic nitrogens is 1. The zero-order valence-corrected chi connectivity index (χ0v) is 15.0. The fourth-order valence-corrected chi connectivity index (χ4v) is 3.82. The highest BCUT2D eigenvalue weighted by Crippen LogP contribution is 2.30. The molecule has 5 nitrogen and oxygen atoms in total. The number of nitrogens with one attached hydrogen (secondary N) is 1. The Kier molecular flexibility index (Phi) is 4.47. The average molecular weight is 373 g/mol. The minimum absolute atomic E-state index is 0.182. The van der Waals surface area contributed by atoms with E-state index in [4.69, 9.17) is 0 Å². The first kappa shape index (κ1) is 17.7. The maximum Gasteiger partial charge on any atom is 0.317 e. The molecule has 2 unspecified atom stereocenters. The van der Waals surface area contributed by atoms with Crippen molar-refractivity contribution in [1.29, 1.82) is 0 Å². The summed E-state index contributed by atoms with van der Waals surface area (Å²) < 4.78 is 29.3. The van der Waals surface area contributed by atoms with Crippen LogP contribution in [0.25, 0.3) is 21.8 Å². The van der Waals surface area contributed by atoms with Gasteiger partial charge in [0.15, 0.2) is 0 Å². The largest absolute Gasteiger partial charge is 0.389 e. The number of hydrogen-bond donors (Lipinski definition) is 2. The molecular formula is C20H21F2N3O2. The van der Waals surface area contributed by atoms with Crippen LogP contribution in [0.3, 0.4) is 0 Å². The number of benzene rings is 2. The molecule has 7 heteroatoms. The second-order valence-electron chi connectivity index (χ2n) is 7.28. The zero-order valence-electron chi connectivity index (χ0n) is 15.0. The molecule has 142 valence electrons. The van der Waals surface area contributed by atoms with Gasteiger partial charge in [-0.15, -0.1) is 0 Å². The molecule has 0 spiro atoms. The molecule has 4 rings (SSSR count). The van der Waals surface area contributed by atoms with Crippen LogP contribution >= 0.6 is 0 Å². The van der Waals surface area contributed by atoms with Crippen molar-refractivity contribution in [3.8, 4) is 0 Å². The number of aliphatic hydroxyl groups is 1. The number of nitrogens with zero attached hydrogens (tertiary/aromatic N) is 2. The molecule has 0 aliphatic carbocycles. The van der Waals surface area contributed by atoms with E-state index in [9.17, 15) is 18.7 Å². The SMILES string of the molecule is CC1CNC(=O)N(CC(O)Cn2c3ccc(F)cc3c3cc(F)ccc32)C1. The van der Waals surface area contributed by atoms with Crippen LogP contribution in [-0.2, 0) is 6.54 Å². The van der Waals surface area contributed by atoms with Gasteiger partial charge in [0.1, 0.15) is 11.6 Å². The average Bonchev–Trinajstić information content (AvgIpc) is 2.90. The highest BCUT2D eigenvalue weighted by atomic mass is 19.1. The molecule has 0 radical (unpaired) electrons. The highest BCUT2D eigenvalue weighted by Gasteiger charge is 2.25. The molecule has 2 aromatic carbocycles. The lowest BCUT2D eigenvalue weighted by Gasteiger charge is -2.33. The number of amides is 2. The van der Waals surface area contributed by atoms with Gasteiger partial charge in [-0.3, -0.25) is 0 Å². The fraction of sp³-hybridized carbons (Fsp3) is 0.350. The Labute approximate surface area is 155 Å². The molecule has 0 bridgehead atoms. The number of hydrogen-bond acceptors (Lipinski definition) is 2. The summed E-state index contributed by atoms with van der Waals surface area (Å²) in [4.78, 5) is 13.6. The number of β-amino-alcohol motifs (C(OH)–C–C–N with tert-alkyl or cyclic N) is 1. The molecule has 2 N–H and O–H groups in total. The molecule has 1 aromatic heterocycles. The quantitative estimate of drug-likeness (QED) is 0.738. The van der Waals surface area contributed by atoms with Gasteiger partial charge in [0.05, 0.1) is 19.2 Å². The van der Waals surface area contributed by atoms with Crippen LogP contribution in [0.2, 0.25) is 0 Å². The summed E-state index contributed by atoms with van der Waals surface area (Å²) in [6.07, 6.45) is -0.810. The van der Waals surface area contributed by atoms with Gasteiger partial charge in [0.2, 0.25) is 0 Å². The third kappa shape index (κ3) is 3.35. The van der Waals surface area contributed by atoms with Crippen molar-refractivity contribution < 1.29 is 18.7 Å². The van der Waals surface area contributed by atoms with Crippen molar-refractivity contribution in [2.75, 3.05) is 19.6 Å². The van der Waals surface area contributed by atoms with E-state index in [2.05, 4.69) is 5.32 Å².